The Labute approximate surface area is 119 Å². The van der Waals surface area contributed by atoms with Gasteiger partial charge < -0.3 is 20.1 Å². The van der Waals surface area contributed by atoms with E-state index in [2.05, 4.69) is 5.32 Å². The van der Waals surface area contributed by atoms with Crippen LogP contribution in [0.5, 0.6) is 0 Å². The van der Waals surface area contributed by atoms with Crippen LogP contribution in [0.15, 0.2) is 0 Å². The number of halogens is 3. The number of hydrogen-bond donors (Lipinski definition) is 2. The first-order valence-corrected chi connectivity index (χ1v) is 6.71. The fraction of sp³-hybridized carbons (Fsp3) is 0.833. The van der Waals surface area contributed by atoms with Crippen LogP contribution in [0.4, 0.5) is 18.0 Å². The van der Waals surface area contributed by atoms with Crippen molar-refractivity contribution in [3.8, 4) is 0 Å². The summed E-state index contributed by atoms with van der Waals surface area (Å²) in [6.45, 7) is -0.102. The summed E-state index contributed by atoms with van der Waals surface area (Å²) in [6, 6.07) is -1.37. The third kappa shape index (κ3) is 3.78. The molecule has 2 amide bonds. The average molecular weight is 310 g/mol. The van der Waals surface area contributed by atoms with Crippen LogP contribution >= 0.6 is 0 Å². The summed E-state index contributed by atoms with van der Waals surface area (Å²) in [5, 5.41) is 11.4. The van der Waals surface area contributed by atoms with E-state index in [1.165, 1.54) is 0 Å². The molecule has 3 unspecified atom stereocenters. The van der Waals surface area contributed by atoms with Crippen molar-refractivity contribution in [2.24, 2.45) is 11.8 Å². The number of amides is 2. The minimum absolute atomic E-state index is 0.00848. The average Bonchev–Trinajstić information content (AvgIpc) is 2.86. The minimum atomic E-state index is -4.32. The highest BCUT2D eigenvalue weighted by Gasteiger charge is 2.43. The van der Waals surface area contributed by atoms with Gasteiger partial charge in [-0.15, -0.1) is 0 Å². The van der Waals surface area contributed by atoms with Gasteiger partial charge in [0.1, 0.15) is 5.92 Å². The van der Waals surface area contributed by atoms with Crippen molar-refractivity contribution in [1.82, 2.24) is 10.2 Å². The lowest BCUT2D eigenvalue weighted by Crippen LogP contribution is -2.52. The first kappa shape index (κ1) is 15.9. The molecular weight excluding hydrogens is 293 g/mol. The molecule has 21 heavy (non-hydrogen) atoms. The highest BCUT2D eigenvalue weighted by Crippen LogP contribution is 2.33. The van der Waals surface area contributed by atoms with E-state index in [-0.39, 0.29) is 39.1 Å². The largest absolute Gasteiger partial charge is 0.481 e. The normalized spacial score (nSPS) is 30.2. The lowest BCUT2D eigenvalue weighted by molar-refractivity contribution is -0.184. The maximum Gasteiger partial charge on any atom is 0.393 e. The molecule has 0 radical (unpaired) electrons. The molecule has 2 fully saturated rings. The summed E-state index contributed by atoms with van der Waals surface area (Å²) in [5.74, 6) is -3.48. The van der Waals surface area contributed by atoms with Crippen LogP contribution < -0.4 is 5.32 Å². The fourth-order valence-electron chi connectivity index (χ4n) is 2.62. The number of hydrogen-bond acceptors (Lipinski definition) is 3. The number of ether oxygens (including phenoxy) is 1. The Hall–Kier alpha value is -1.51. The summed E-state index contributed by atoms with van der Waals surface area (Å²) in [4.78, 5) is 24.0. The molecule has 2 rings (SSSR count). The minimum Gasteiger partial charge on any atom is -0.481 e. The second-order valence-corrected chi connectivity index (χ2v) is 5.36. The Bertz CT molecular complexity index is 416. The Morgan fingerprint density at radius 3 is 2.62 bits per heavy atom. The molecule has 0 aromatic heterocycles. The summed E-state index contributed by atoms with van der Waals surface area (Å²) in [7, 11) is 0. The molecular formula is C12H17F3N2O4. The van der Waals surface area contributed by atoms with E-state index >= 15 is 0 Å². The van der Waals surface area contributed by atoms with Gasteiger partial charge in [-0.2, -0.15) is 13.2 Å². The van der Waals surface area contributed by atoms with Crippen LogP contribution in [-0.4, -0.2) is 60.5 Å². The van der Waals surface area contributed by atoms with Crippen LogP contribution in [0.2, 0.25) is 0 Å². The van der Waals surface area contributed by atoms with E-state index in [0.717, 1.165) is 4.90 Å². The zero-order valence-electron chi connectivity index (χ0n) is 11.2. The molecule has 2 aliphatic rings. The molecule has 2 aliphatic heterocycles. The predicted molar refractivity (Wildman–Crippen MR) is 64.6 cm³/mol. The van der Waals surface area contributed by atoms with E-state index < -0.39 is 36.1 Å². The molecule has 9 heteroatoms. The number of carboxylic acid groups (broad SMARTS) is 1. The van der Waals surface area contributed by atoms with E-state index in [1.807, 2.05) is 0 Å². The molecule has 0 aromatic rings. The number of urea groups is 1. The molecule has 0 spiro atoms. The molecule has 0 aliphatic carbocycles. The highest BCUT2D eigenvalue weighted by molar-refractivity contribution is 5.77. The van der Waals surface area contributed by atoms with Gasteiger partial charge in [-0.05, 0) is 12.8 Å². The number of carbonyl (C=O) groups excluding carboxylic acids is 1. The van der Waals surface area contributed by atoms with Gasteiger partial charge >= 0.3 is 18.2 Å². The third-order valence-electron chi connectivity index (χ3n) is 3.88. The van der Waals surface area contributed by atoms with Gasteiger partial charge in [-0.1, -0.05) is 0 Å². The summed E-state index contributed by atoms with van der Waals surface area (Å²) >= 11 is 0. The van der Waals surface area contributed by atoms with Crippen molar-refractivity contribution >= 4 is 12.0 Å². The van der Waals surface area contributed by atoms with E-state index in [9.17, 15) is 22.8 Å². The number of carboxylic acids is 1. The highest BCUT2D eigenvalue weighted by atomic mass is 19.4. The number of rotatable bonds is 2. The monoisotopic (exact) mass is 310 g/mol. The molecule has 0 saturated carbocycles. The summed E-state index contributed by atoms with van der Waals surface area (Å²) in [5.41, 5.74) is 0. The van der Waals surface area contributed by atoms with E-state index in [1.54, 1.807) is 0 Å². The number of carbonyl (C=O) groups is 2. The van der Waals surface area contributed by atoms with Gasteiger partial charge in [0.2, 0.25) is 0 Å². The third-order valence-corrected chi connectivity index (χ3v) is 3.88. The molecule has 0 aromatic carbocycles. The molecule has 0 bridgehead atoms. The maximum absolute atomic E-state index is 12.7. The predicted octanol–water partition coefficient (Wildman–Crippen LogP) is 1.07. The van der Waals surface area contributed by atoms with Crippen molar-refractivity contribution in [3.05, 3.63) is 0 Å². The van der Waals surface area contributed by atoms with E-state index in [0.29, 0.717) is 0 Å². The van der Waals surface area contributed by atoms with Crippen LogP contribution in [0.3, 0.4) is 0 Å². The number of aliphatic carboxylic acids is 1. The van der Waals surface area contributed by atoms with Crippen LogP contribution in [-0.2, 0) is 9.53 Å². The smallest absolute Gasteiger partial charge is 0.393 e. The summed E-state index contributed by atoms with van der Waals surface area (Å²) in [6.07, 6.45) is -4.03. The van der Waals surface area contributed by atoms with Gasteiger partial charge in [0.25, 0.3) is 0 Å². The lowest BCUT2D eigenvalue weighted by atomic mass is 9.98. The van der Waals surface area contributed by atoms with Gasteiger partial charge in [0.15, 0.2) is 0 Å². The van der Waals surface area contributed by atoms with Crippen molar-refractivity contribution in [2.75, 3.05) is 26.3 Å². The molecule has 2 heterocycles. The van der Waals surface area contributed by atoms with Crippen molar-refractivity contribution in [3.63, 3.8) is 0 Å². The van der Waals surface area contributed by atoms with E-state index in [4.69, 9.17) is 9.84 Å². The zero-order valence-corrected chi connectivity index (χ0v) is 11.2. The Kier molecular flexibility index (Phi) is 4.60. The molecule has 2 N–H and O–H groups in total. The van der Waals surface area contributed by atoms with Crippen molar-refractivity contribution in [1.29, 1.82) is 0 Å². The number of likely N-dealkylation sites (tertiary alicyclic amines) is 1. The number of piperidine rings is 1. The standard InChI is InChI=1S/C12H17F3N2O4/c13-12(14,15)7-2-1-3-17(4-7)11(20)16-9-6-21-5-8(9)10(18)19/h7-9H,1-6H2,(H,16,20)(H,18,19). The summed E-state index contributed by atoms with van der Waals surface area (Å²) < 4.78 is 43.1. The van der Waals surface area contributed by atoms with Crippen LogP contribution in [0.25, 0.3) is 0 Å². The quantitative estimate of drug-likeness (QED) is 0.800. The van der Waals surface area contributed by atoms with Gasteiger partial charge in [-0.25, -0.2) is 4.79 Å². The number of alkyl halides is 3. The number of nitrogens with one attached hydrogen (secondary N) is 1. The SMILES string of the molecule is O=C(O)C1COCC1NC(=O)N1CCCC(C(F)(F)F)C1. The second kappa shape index (κ2) is 6.08. The van der Waals surface area contributed by atoms with Crippen LogP contribution in [0.1, 0.15) is 12.8 Å². The van der Waals surface area contributed by atoms with Gasteiger partial charge in [-0.3, -0.25) is 4.79 Å². The van der Waals surface area contributed by atoms with Gasteiger partial charge in [0, 0.05) is 13.1 Å². The van der Waals surface area contributed by atoms with Crippen molar-refractivity contribution in [2.45, 2.75) is 25.1 Å². The van der Waals surface area contributed by atoms with Crippen molar-refractivity contribution < 1.29 is 32.6 Å². The molecule has 120 valence electrons. The maximum atomic E-state index is 12.7. The Morgan fingerprint density at radius 2 is 2.00 bits per heavy atom. The Morgan fingerprint density at radius 1 is 1.29 bits per heavy atom. The second-order valence-electron chi connectivity index (χ2n) is 5.36. The fourth-order valence-corrected chi connectivity index (χ4v) is 2.62. The topological polar surface area (TPSA) is 78.9 Å². The molecule has 6 nitrogen and oxygen atoms in total. The molecule has 3 atom stereocenters. The molecule has 2 saturated heterocycles. The lowest BCUT2D eigenvalue weighted by Gasteiger charge is -2.34. The first-order chi connectivity index (χ1) is 9.79. The van der Waals surface area contributed by atoms with Crippen LogP contribution in [0, 0.1) is 11.8 Å². The van der Waals surface area contributed by atoms with Gasteiger partial charge in [0.05, 0.1) is 25.2 Å². The number of nitrogens with zero attached hydrogens (tertiary/aromatic N) is 1. The first-order valence-electron chi connectivity index (χ1n) is 6.71. The zero-order chi connectivity index (χ0) is 15.6. The Balaban J connectivity index is 1.92.